The summed E-state index contributed by atoms with van der Waals surface area (Å²) < 4.78 is 40.2. The first-order valence-electron chi connectivity index (χ1n) is 30.0. The van der Waals surface area contributed by atoms with Crippen LogP contribution in [-0.4, -0.2) is 139 Å². The van der Waals surface area contributed by atoms with Crippen LogP contribution in [0, 0.1) is 57.7 Å². The number of amidine groups is 1. The summed E-state index contributed by atoms with van der Waals surface area (Å²) in [6.45, 7) is 17.9. The summed E-state index contributed by atoms with van der Waals surface area (Å²) in [5, 5.41) is 15.7. The van der Waals surface area contributed by atoms with E-state index in [0.717, 1.165) is 74.5 Å². The highest BCUT2D eigenvalue weighted by Gasteiger charge is 2.59. The van der Waals surface area contributed by atoms with E-state index < -0.39 is 49.4 Å². The van der Waals surface area contributed by atoms with E-state index in [1.165, 1.54) is 50.5 Å². The molecule has 0 saturated heterocycles. The fourth-order valence-corrected chi connectivity index (χ4v) is 13.3. The van der Waals surface area contributed by atoms with Gasteiger partial charge in [-0.05, 0) is 116 Å². The second-order valence-corrected chi connectivity index (χ2v) is 24.4. The minimum atomic E-state index is -1.53. The summed E-state index contributed by atoms with van der Waals surface area (Å²) in [5.74, 6) is 4.16. The van der Waals surface area contributed by atoms with E-state index in [4.69, 9.17) is 67.2 Å². The van der Waals surface area contributed by atoms with Gasteiger partial charge in [-0.1, -0.05) is 91.9 Å². The number of carbonyl (C=O) groups excluding carboxylic acids is 4. The van der Waals surface area contributed by atoms with Crippen molar-refractivity contribution in [2.75, 3.05) is 85.6 Å². The number of nitrogens with one attached hydrogen (secondary N) is 4. The van der Waals surface area contributed by atoms with Crippen LogP contribution in [0.4, 0.5) is 9.59 Å². The van der Waals surface area contributed by atoms with Crippen LogP contribution in [0.15, 0.2) is 34.0 Å². The van der Waals surface area contributed by atoms with Crippen LogP contribution in [0.5, 0.6) is 0 Å². The molecular weight excluding hydrogens is 1040 g/mol. The summed E-state index contributed by atoms with van der Waals surface area (Å²) in [6, 6.07) is 0. The van der Waals surface area contributed by atoms with E-state index in [0.29, 0.717) is 49.3 Å². The van der Waals surface area contributed by atoms with Gasteiger partial charge in [0.25, 0.3) is 0 Å². The SMILES string of the molecule is C=C(CC(C)CCCCC(=N)N)OCC(COCC(=O)NCCCN=C(N)N)(COC(=O)NCCCN=C(N)N)NC(=O)COCCOCCOC(=O)OC1CCC2(C)C(=CCC3C2CCC2(C)C(C(C)CCCC(C)C)CCC32)C1. The molecule has 10 unspecified atom stereocenters. The van der Waals surface area contributed by atoms with E-state index in [1.54, 1.807) is 0 Å². The minimum absolute atomic E-state index is 0.0139. The van der Waals surface area contributed by atoms with Crippen LogP contribution in [0.25, 0.3) is 0 Å². The number of carbonyl (C=O) groups is 4. The number of fused-ring (bicyclic) bond motifs is 5. The second kappa shape index (κ2) is 34.9. The lowest BCUT2D eigenvalue weighted by Gasteiger charge is -2.58. The number of alkyl carbamates (subject to hydrolysis) is 1. The molecule has 0 spiro atoms. The first kappa shape index (κ1) is 68.2. The van der Waals surface area contributed by atoms with Crippen molar-refractivity contribution >= 4 is 41.8 Å². The summed E-state index contributed by atoms with van der Waals surface area (Å²) in [4.78, 5) is 60.0. The van der Waals surface area contributed by atoms with E-state index in [-0.39, 0.29) is 94.5 Å². The summed E-state index contributed by atoms with van der Waals surface area (Å²) in [7, 11) is 0. The molecule has 3 fully saturated rings. The van der Waals surface area contributed by atoms with Crippen molar-refractivity contribution in [1.29, 1.82) is 5.41 Å². The first-order valence-corrected chi connectivity index (χ1v) is 30.0. The van der Waals surface area contributed by atoms with Gasteiger partial charge in [-0.15, -0.1) is 0 Å². The molecule has 22 nitrogen and oxygen atoms in total. The zero-order valence-corrected chi connectivity index (χ0v) is 50.1. The number of aliphatic imine (C=N–C) groups is 2. The summed E-state index contributed by atoms with van der Waals surface area (Å²) >= 11 is 0. The van der Waals surface area contributed by atoms with Gasteiger partial charge in [-0.25, -0.2) is 9.59 Å². The van der Waals surface area contributed by atoms with Gasteiger partial charge in [0, 0.05) is 45.4 Å². The zero-order chi connectivity index (χ0) is 59.4. The Bertz CT molecular complexity index is 2090. The molecule has 0 heterocycles. The lowest BCUT2D eigenvalue weighted by molar-refractivity contribution is -0.133. The van der Waals surface area contributed by atoms with Crippen molar-refractivity contribution in [3.8, 4) is 0 Å². The van der Waals surface area contributed by atoms with Crippen LogP contribution in [0.3, 0.4) is 0 Å². The highest BCUT2D eigenvalue weighted by molar-refractivity contribution is 5.79. The van der Waals surface area contributed by atoms with Crippen molar-refractivity contribution in [1.82, 2.24) is 16.0 Å². The molecule has 0 aromatic rings. The normalized spacial score (nSPS) is 24.3. The van der Waals surface area contributed by atoms with E-state index in [9.17, 15) is 19.2 Å². The number of unbranched alkanes of at least 4 members (excludes halogenated alkanes) is 1. The van der Waals surface area contributed by atoms with Crippen molar-refractivity contribution in [3.63, 3.8) is 0 Å². The third-order valence-electron chi connectivity index (χ3n) is 17.4. The van der Waals surface area contributed by atoms with E-state index in [2.05, 4.69) is 80.1 Å². The van der Waals surface area contributed by atoms with E-state index >= 15 is 0 Å². The maximum absolute atomic E-state index is 13.6. The first-order chi connectivity index (χ1) is 38.6. The van der Waals surface area contributed by atoms with Gasteiger partial charge >= 0.3 is 12.2 Å². The quantitative estimate of drug-likeness (QED) is 0.00774. The van der Waals surface area contributed by atoms with Crippen molar-refractivity contribution in [2.24, 2.45) is 90.9 Å². The average molecular weight is 1140 g/mol. The van der Waals surface area contributed by atoms with Crippen molar-refractivity contribution < 1.29 is 52.3 Å². The Morgan fingerprint density at radius 1 is 0.741 bits per heavy atom. The maximum Gasteiger partial charge on any atom is 0.508 e. The number of guanidine groups is 2. The van der Waals surface area contributed by atoms with Crippen molar-refractivity contribution in [2.45, 2.75) is 169 Å². The van der Waals surface area contributed by atoms with Gasteiger partial charge in [0.05, 0.1) is 38.0 Å². The molecule has 0 bridgehead atoms. The molecule has 3 amide bonds. The molecule has 0 aromatic heterocycles. The van der Waals surface area contributed by atoms with Crippen LogP contribution >= 0.6 is 0 Å². The molecule has 4 aliphatic rings. The number of ether oxygens (including phenoxy) is 7. The largest absolute Gasteiger partial charge is 0.508 e. The molecule has 0 aromatic carbocycles. The summed E-state index contributed by atoms with van der Waals surface area (Å²) in [6.07, 6.45) is 18.3. The monoisotopic (exact) mass is 1140 g/mol. The second-order valence-electron chi connectivity index (χ2n) is 24.4. The Hall–Kier alpha value is -5.35. The Morgan fingerprint density at radius 2 is 1.42 bits per heavy atom. The molecule has 462 valence electrons. The zero-order valence-electron chi connectivity index (χ0n) is 50.1. The number of rotatable bonds is 39. The maximum atomic E-state index is 13.6. The molecule has 10 atom stereocenters. The molecule has 14 N–H and O–H groups in total. The standard InChI is InChI=1S/C59H105N11O11/c1-40(2)13-10-15-42(4)47-19-20-48-46-18-17-44-34-45(21-23-57(44,6)49(46)22-24-58(47,48)7)81-56(74)78-32-31-75-29-30-76-36-52(72)70-59(39-80-55(73)69-28-12-27-68-54(64)65,37-77-35-51(71)66-25-11-26-67-53(62)63)38-79-43(5)33-41(3)14-8-9-16-50(60)61/h17,40-42,45-49H,5,8-16,18-39H2,1-4,6-7H3,(H3,60,61)(H,66,71)(H,69,73)(H,70,72)(H4,62,63,67)(H4,64,65,68). The Morgan fingerprint density at radius 3 is 2.12 bits per heavy atom. The van der Waals surface area contributed by atoms with Gasteiger partial charge in [0.15, 0.2) is 11.9 Å². The lowest BCUT2D eigenvalue weighted by Crippen LogP contribution is -2.60. The van der Waals surface area contributed by atoms with Gasteiger partial charge in [-0.3, -0.25) is 25.0 Å². The number of allylic oxidation sites excluding steroid dienone is 2. The fourth-order valence-electron chi connectivity index (χ4n) is 13.3. The van der Waals surface area contributed by atoms with Gasteiger partial charge in [0.2, 0.25) is 11.8 Å². The number of nitrogens with two attached hydrogens (primary N) is 5. The number of hydrogen-bond donors (Lipinski definition) is 9. The molecule has 0 aliphatic heterocycles. The molecule has 3 saturated carbocycles. The molecule has 0 radical (unpaired) electrons. The number of amides is 3. The van der Waals surface area contributed by atoms with Crippen LogP contribution in [-0.2, 0) is 42.7 Å². The van der Waals surface area contributed by atoms with E-state index in [1.807, 2.05) is 0 Å². The van der Waals surface area contributed by atoms with Crippen LogP contribution < -0.4 is 44.6 Å². The lowest BCUT2D eigenvalue weighted by atomic mass is 9.47. The van der Waals surface area contributed by atoms with Crippen molar-refractivity contribution in [3.05, 3.63) is 24.0 Å². The number of hydrogen-bond acceptors (Lipinski definition) is 14. The molecule has 81 heavy (non-hydrogen) atoms. The topological polar surface area (TPSA) is 348 Å². The Labute approximate surface area is 483 Å². The smallest absolute Gasteiger partial charge is 0.496 e. The fraction of sp³-hybridized carbons (Fsp3) is 0.814. The minimum Gasteiger partial charge on any atom is -0.496 e. The van der Waals surface area contributed by atoms with Gasteiger partial charge < -0.3 is 77.8 Å². The molecule has 4 rings (SSSR count). The average Bonchev–Trinajstić information content (AvgIpc) is 3.85. The Balaban J connectivity index is 1.25. The molecule has 4 aliphatic carbocycles. The molecular formula is C59H105N11O11. The number of nitrogens with zero attached hydrogens (tertiary/aromatic N) is 2. The third kappa shape index (κ3) is 23.8. The van der Waals surface area contributed by atoms with Crippen LogP contribution in [0.2, 0.25) is 0 Å². The third-order valence-corrected chi connectivity index (χ3v) is 17.4. The van der Waals surface area contributed by atoms with Gasteiger partial charge in [0.1, 0.15) is 44.7 Å². The summed E-state index contributed by atoms with van der Waals surface area (Å²) in [5.41, 5.74) is 27.6. The highest BCUT2D eigenvalue weighted by Crippen LogP contribution is 2.67. The predicted molar refractivity (Wildman–Crippen MR) is 315 cm³/mol. The molecule has 22 heteroatoms. The Kier molecular flexibility index (Phi) is 29.4. The van der Waals surface area contributed by atoms with Gasteiger partial charge in [-0.2, -0.15) is 0 Å². The van der Waals surface area contributed by atoms with Crippen LogP contribution in [0.1, 0.15) is 157 Å². The predicted octanol–water partition coefficient (Wildman–Crippen LogP) is 6.68. The highest BCUT2D eigenvalue weighted by atomic mass is 16.7.